The van der Waals surface area contributed by atoms with Gasteiger partial charge in [0.15, 0.2) is 12.4 Å². The summed E-state index contributed by atoms with van der Waals surface area (Å²) in [6.45, 7) is 3.01. The lowest BCUT2D eigenvalue weighted by Gasteiger charge is -2.21. The molecule has 28 heavy (non-hydrogen) atoms. The Morgan fingerprint density at radius 2 is 1.75 bits per heavy atom. The van der Waals surface area contributed by atoms with Crippen LogP contribution >= 0.6 is 0 Å². The molecule has 6 heteroatoms. The lowest BCUT2D eigenvalue weighted by atomic mass is 9.89. The fourth-order valence-electron chi connectivity index (χ4n) is 3.24. The highest BCUT2D eigenvalue weighted by molar-refractivity contribution is 5.97. The number of carbonyl (C=O) groups excluding carboxylic acids is 3. The van der Waals surface area contributed by atoms with E-state index >= 15 is 0 Å². The van der Waals surface area contributed by atoms with Gasteiger partial charge in [-0.15, -0.1) is 0 Å². The Labute approximate surface area is 167 Å². The van der Waals surface area contributed by atoms with Crippen molar-refractivity contribution < 1.29 is 23.9 Å². The molecule has 1 aliphatic rings. The summed E-state index contributed by atoms with van der Waals surface area (Å²) in [6.07, 6.45) is 6.94. The van der Waals surface area contributed by atoms with Crippen LogP contribution in [0.25, 0.3) is 0 Å². The van der Waals surface area contributed by atoms with Gasteiger partial charge in [0, 0.05) is 18.5 Å². The predicted octanol–water partition coefficient (Wildman–Crippen LogP) is 3.68. The van der Waals surface area contributed by atoms with E-state index in [9.17, 15) is 14.4 Å². The number of ether oxygens (including phenoxy) is 2. The van der Waals surface area contributed by atoms with Crippen LogP contribution in [0.15, 0.2) is 24.3 Å². The van der Waals surface area contributed by atoms with Gasteiger partial charge < -0.3 is 14.8 Å². The summed E-state index contributed by atoms with van der Waals surface area (Å²) < 4.78 is 10.4. The van der Waals surface area contributed by atoms with Crippen molar-refractivity contribution >= 4 is 17.7 Å². The van der Waals surface area contributed by atoms with Crippen molar-refractivity contribution in [2.24, 2.45) is 5.92 Å². The molecule has 1 amide bonds. The smallest absolute Gasteiger partial charge is 0.306 e. The number of rotatable bonds is 11. The van der Waals surface area contributed by atoms with Gasteiger partial charge in [-0.25, -0.2) is 0 Å². The third kappa shape index (κ3) is 8.11. The second-order valence-electron chi connectivity index (χ2n) is 7.26. The third-order valence-electron chi connectivity index (χ3n) is 4.88. The number of nitrogens with one attached hydrogen (secondary N) is 1. The molecule has 1 N–H and O–H groups in total. The van der Waals surface area contributed by atoms with E-state index in [2.05, 4.69) is 5.32 Å². The summed E-state index contributed by atoms with van der Waals surface area (Å²) in [4.78, 5) is 35.7. The van der Waals surface area contributed by atoms with Crippen LogP contribution in [-0.4, -0.2) is 37.4 Å². The fourth-order valence-corrected chi connectivity index (χ4v) is 3.24. The van der Waals surface area contributed by atoms with Crippen LogP contribution in [-0.2, 0) is 14.3 Å². The molecule has 6 nitrogen and oxygen atoms in total. The fraction of sp³-hybridized carbons (Fsp3) is 0.591. The highest BCUT2D eigenvalue weighted by Crippen LogP contribution is 2.22. The van der Waals surface area contributed by atoms with Crippen molar-refractivity contribution in [3.8, 4) is 5.75 Å². The molecule has 1 aromatic carbocycles. The van der Waals surface area contributed by atoms with Crippen LogP contribution in [0.5, 0.6) is 5.75 Å². The highest BCUT2D eigenvalue weighted by Gasteiger charge is 2.15. The lowest BCUT2D eigenvalue weighted by molar-refractivity contribution is -0.148. The van der Waals surface area contributed by atoms with E-state index in [0.29, 0.717) is 24.6 Å². The first-order valence-electron chi connectivity index (χ1n) is 10.3. The molecule has 0 aliphatic heterocycles. The van der Waals surface area contributed by atoms with Crippen LogP contribution in [0.2, 0.25) is 0 Å². The minimum Gasteiger partial charge on any atom is -0.494 e. The Kier molecular flexibility index (Phi) is 9.52. The van der Waals surface area contributed by atoms with Crippen molar-refractivity contribution in [3.63, 3.8) is 0 Å². The zero-order chi connectivity index (χ0) is 20.2. The monoisotopic (exact) mass is 389 g/mol. The van der Waals surface area contributed by atoms with Crippen LogP contribution in [0.1, 0.15) is 68.6 Å². The maximum atomic E-state index is 12.2. The largest absolute Gasteiger partial charge is 0.494 e. The molecule has 0 atom stereocenters. The Hall–Kier alpha value is -2.37. The van der Waals surface area contributed by atoms with Crippen molar-refractivity contribution in [1.29, 1.82) is 0 Å². The van der Waals surface area contributed by atoms with E-state index < -0.39 is 5.97 Å². The molecule has 1 aliphatic carbocycles. The maximum absolute atomic E-state index is 12.2. The third-order valence-corrected chi connectivity index (χ3v) is 4.88. The SMILES string of the molecule is CCCOc1ccc(C(=O)CCC(=O)OCC(=O)NCC2CCCCC2)cc1. The molecule has 0 saturated heterocycles. The summed E-state index contributed by atoms with van der Waals surface area (Å²) in [5.74, 6) is 0.291. The first-order chi connectivity index (χ1) is 13.6. The molecule has 0 heterocycles. The van der Waals surface area contributed by atoms with Gasteiger partial charge in [0.05, 0.1) is 13.0 Å². The number of carbonyl (C=O) groups is 3. The minimum absolute atomic E-state index is 0.0389. The van der Waals surface area contributed by atoms with Crippen LogP contribution < -0.4 is 10.1 Å². The molecule has 154 valence electrons. The molecule has 1 saturated carbocycles. The Morgan fingerprint density at radius 3 is 2.43 bits per heavy atom. The molecule has 1 aromatic rings. The van der Waals surface area contributed by atoms with Gasteiger partial charge in [-0.1, -0.05) is 26.2 Å². The number of hydrogen-bond donors (Lipinski definition) is 1. The second-order valence-corrected chi connectivity index (χ2v) is 7.26. The van der Waals surface area contributed by atoms with Gasteiger partial charge in [-0.05, 0) is 49.4 Å². The molecule has 1 fully saturated rings. The predicted molar refractivity (Wildman–Crippen MR) is 106 cm³/mol. The van der Waals surface area contributed by atoms with E-state index in [1.807, 2.05) is 6.92 Å². The Bertz CT molecular complexity index is 635. The van der Waals surface area contributed by atoms with Crippen molar-refractivity contribution in [3.05, 3.63) is 29.8 Å². The van der Waals surface area contributed by atoms with Gasteiger partial charge in [0.2, 0.25) is 0 Å². The summed E-state index contributed by atoms with van der Waals surface area (Å²) in [5.41, 5.74) is 0.530. The summed E-state index contributed by atoms with van der Waals surface area (Å²) in [7, 11) is 0. The van der Waals surface area contributed by atoms with Gasteiger partial charge in [0.1, 0.15) is 5.75 Å². The van der Waals surface area contributed by atoms with Gasteiger partial charge in [0.25, 0.3) is 5.91 Å². The first-order valence-corrected chi connectivity index (χ1v) is 10.3. The quantitative estimate of drug-likeness (QED) is 0.461. The Balaban J connectivity index is 1.61. The van der Waals surface area contributed by atoms with E-state index in [4.69, 9.17) is 9.47 Å². The van der Waals surface area contributed by atoms with E-state index in [1.54, 1.807) is 24.3 Å². The molecule has 0 radical (unpaired) electrons. The van der Waals surface area contributed by atoms with Crippen molar-refractivity contribution in [2.45, 2.75) is 58.3 Å². The number of esters is 1. The summed E-state index contributed by atoms with van der Waals surface area (Å²) in [5, 5.41) is 2.82. The topological polar surface area (TPSA) is 81.7 Å². The molecule has 2 rings (SSSR count). The highest BCUT2D eigenvalue weighted by atomic mass is 16.5. The zero-order valence-corrected chi connectivity index (χ0v) is 16.7. The van der Waals surface area contributed by atoms with E-state index in [-0.39, 0.29) is 31.1 Å². The molecule has 0 unspecified atom stereocenters. The van der Waals surface area contributed by atoms with Crippen LogP contribution in [0.4, 0.5) is 0 Å². The standard InChI is InChI=1S/C22H31NO5/c1-2-14-27-19-10-8-18(9-11-19)20(24)12-13-22(26)28-16-21(25)23-15-17-6-4-3-5-7-17/h8-11,17H,2-7,12-16H2,1H3,(H,23,25). The summed E-state index contributed by atoms with van der Waals surface area (Å²) >= 11 is 0. The second kappa shape index (κ2) is 12.2. The average Bonchev–Trinajstić information content (AvgIpc) is 2.74. The van der Waals surface area contributed by atoms with Crippen LogP contribution in [0, 0.1) is 5.92 Å². The molecule has 0 aromatic heterocycles. The van der Waals surface area contributed by atoms with Gasteiger partial charge in [-0.3, -0.25) is 14.4 Å². The molecule has 0 spiro atoms. The first kappa shape index (κ1) is 21.9. The van der Waals surface area contributed by atoms with Crippen molar-refractivity contribution in [1.82, 2.24) is 5.32 Å². The van der Waals surface area contributed by atoms with Gasteiger partial charge in [-0.2, -0.15) is 0 Å². The lowest BCUT2D eigenvalue weighted by Crippen LogP contribution is -2.33. The van der Waals surface area contributed by atoms with Gasteiger partial charge >= 0.3 is 5.97 Å². The zero-order valence-electron chi connectivity index (χ0n) is 16.7. The molecular formula is C22H31NO5. The maximum Gasteiger partial charge on any atom is 0.306 e. The summed E-state index contributed by atoms with van der Waals surface area (Å²) in [6, 6.07) is 6.88. The molecular weight excluding hydrogens is 358 g/mol. The average molecular weight is 389 g/mol. The van der Waals surface area contributed by atoms with Crippen LogP contribution in [0.3, 0.4) is 0 Å². The van der Waals surface area contributed by atoms with E-state index in [0.717, 1.165) is 25.0 Å². The Morgan fingerprint density at radius 1 is 1.04 bits per heavy atom. The number of Topliss-reactive ketones (excluding diaryl/α,β-unsaturated/α-hetero) is 1. The number of amides is 1. The molecule has 0 bridgehead atoms. The van der Waals surface area contributed by atoms with Crippen molar-refractivity contribution in [2.75, 3.05) is 19.8 Å². The minimum atomic E-state index is -0.538. The van der Waals surface area contributed by atoms with E-state index in [1.165, 1.54) is 19.3 Å². The number of benzene rings is 1. The normalized spacial score (nSPS) is 14.3. The number of ketones is 1. The number of hydrogen-bond acceptors (Lipinski definition) is 5.